The maximum atomic E-state index is 4.92. The van der Waals surface area contributed by atoms with Crippen molar-refractivity contribution >= 4 is 5.71 Å². The highest BCUT2D eigenvalue weighted by atomic mass is 15.1. The summed E-state index contributed by atoms with van der Waals surface area (Å²) in [5.41, 5.74) is 30.7. The van der Waals surface area contributed by atoms with Crippen LogP contribution in [0.4, 0.5) is 0 Å². The lowest BCUT2D eigenvalue weighted by molar-refractivity contribution is 0.710. The summed E-state index contributed by atoms with van der Waals surface area (Å²) in [7, 11) is 0. The Labute approximate surface area is 697 Å². The number of aryl methyl sites for hydroxylation is 4. The van der Waals surface area contributed by atoms with Gasteiger partial charge < -0.3 is 0 Å². The number of pyridine rings is 4. The molecule has 0 radical (unpaired) electrons. The predicted molar refractivity (Wildman–Crippen MR) is 491 cm³/mol. The molecule has 0 saturated carbocycles. The third-order valence-corrected chi connectivity index (χ3v) is 20.0. The summed E-state index contributed by atoms with van der Waals surface area (Å²) in [6.45, 7) is 10.6. The van der Waals surface area contributed by atoms with Gasteiger partial charge in [0.1, 0.15) is 11.4 Å². The number of hydrogen-bond acceptors (Lipinski definition) is 10. The van der Waals surface area contributed by atoms with E-state index >= 15 is 0 Å². The van der Waals surface area contributed by atoms with E-state index in [-0.39, 0.29) is 6.04 Å². The Balaban J connectivity index is 0.000000116. The molecule has 7 heterocycles. The number of aliphatic imine (C=N–C) groups is 1. The van der Waals surface area contributed by atoms with E-state index < -0.39 is 0 Å². The highest BCUT2D eigenvalue weighted by Crippen LogP contribution is 2.36. The second-order valence-electron chi connectivity index (χ2n) is 29.1. The van der Waals surface area contributed by atoms with Crippen LogP contribution in [0.25, 0.3) is 136 Å². The summed E-state index contributed by atoms with van der Waals surface area (Å²) in [6.07, 6.45) is 6.67. The van der Waals surface area contributed by atoms with E-state index in [1.165, 1.54) is 61.2 Å². The van der Waals surface area contributed by atoms with Crippen LogP contribution < -0.4 is 0 Å². The van der Waals surface area contributed by atoms with E-state index in [2.05, 4.69) is 333 Å². The average Bonchev–Trinajstić information content (AvgIpc) is 0.823. The molecule has 6 aromatic heterocycles. The SMILES string of the molecule is CC1=CC(c2ccccc2)=NC(c2ccccc2)C1.Cc1ccc(-c2cc(-c3ccccc3)nc(-c3ccccc3)c2)cc1.Cc1ccc(-c2nc(-c3ccccn3)nc(-c3ccccn3)n2)cc1.Cc1cccc(-c2cc(-c3ccccc3)nc(-c3ccccc3)c2)c1.Cc1cccc(-c2cc(-c3ccccc3)nc(-c3ccccc3)n2)c1. The summed E-state index contributed by atoms with van der Waals surface area (Å²) in [6, 6.07) is 139. The number of hydrogen-bond donors (Lipinski definition) is 0. The maximum absolute atomic E-state index is 4.92. The highest BCUT2D eigenvalue weighted by molar-refractivity contribution is 6.09. The number of nitrogens with zero attached hydrogens (tertiary/aromatic N) is 10. The van der Waals surface area contributed by atoms with Gasteiger partial charge in [-0.3, -0.25) is 15.0 Å². The molecule has 119 heavy (non-hydrogen) atoms. The van der Waals surface area contributed by atoms with E-state index in [1.807, 2.05) is 140 Å². The zero-order valence-electron chi connectivity index (χ0n) is 67.2. The molecule has 10 heteroatoms. The summed E-state index contributed by atoms with van der Waals surface area (Å²) in [5, 5.41) is 0. The molecule has 19 rings (SSSR count). The molecular weight excluding hydrogens is 1450 g/mol. The zero-order chi connectivity index (χ0) is 81.3. The molecule has 1 aliphatic rings. The zero-order valence-corrected chi connectivity index (χ0v) is 67.2. The lowest BCUT2D eigenvalue weighted by Gasteiger charge is -2.20. The van der Waals surface area contributed by atoms with E-state index in [0.717, 1.165) is 96.6 Å². The van der Waals surface area contributed by atoms with Gasteiger partial charge in [0.25, 0.3) is 0 Å². The topological polar surface area (TPSA) is 128 Å². The molecule has 12 aromatic carbocycles. The molecule has 0 fully saturated rings. The Morgan fingerprint density at radius 1 is 0.202 bits per heavy atom. The fourth-order valence-corrected chi connectivity index (χ4v) is 13.8. The van der Waals surface area contributed by atoms with Gasteiger partial charge in [-0.05, 0) is 141 Å². The Morgan fingerprint density at radius 3 is 0.933 bits per heavy atom. The number of aromatic nitrogens is 9. The fourth-order valence-electron chi connectivity index (χ4n) is 13.8. The van der Waals surface area contributed by atoms with Crippen LogP contribution in [0, 0.1) is 27.7 Å². The molecule has 0 saturated heterocycles. The first-order valence-corrected chi connectivity index (χ1v) is 40.0. The van der Waals surface area contributed by atoms with Gasteiger partial charge in [0, 0.05) is 56.9 Å². The van der Waals surface area contributed by atoms with Crippen LogP contribution in [-0.2, 0) is 0 Å². The minimum absolute atomic E-state index is 0.251. The summed E-state index contributed by atoms with van der Waals surface area (Å²) in [4.78, 5) is 46.9. The van der Waals surface area contributed by atoms with Crippen molar-refractivity contribution in [2.45, 2.75) is 47.1 Å². The van der Waals surface area contributed by atoms with Crippen LogP contribution in [-0.4, -0.2) is 50.6 Å². The van der Waals surface area contributed by atoms with Crippen molar-refractivity contribution in [2.24, 2.45) is 4.99 Å². The minimum Gasteiger partial charge on any atom is -0.276 e. The van der Waals surface area contributed by atoms with Crippen molar-refractivity contribution < 1.29 is 0 Å². The van der Waals surface area contributed by atoms with E-state index in [4.69, 9.17) is 24.9 Å². The molecule has 18 aromatic rings. The number of allylic oxidation sites excluding steroid dienone is 1. The van der Waals surface area contributed by atoms with Crippen LogP contribution in [0.5, 0.6) is 0 Å². The molecular formula is C109H88N10. The Bertz CT molecular complexity index is 5800. The van der Waals surface area contributed by atoms with Crippen LogP contribution in [0.3, 0.4) is 0 Å². The molecule has 0 bridgehead atoms. The van der Waals surface area contributed by atoms with Crippen LogP contribution in [0.1, 0.15) is 52.8 Å². The first-order valence-electron chi connectivity index (χ1n) is 40.0. The average molecular weight is 1540 g/mol. The molecule has 0 N–H and O–H groups in total. The van der Waals surface area contributed by atoms with E-state index in [9.17, 15) is 0 Å². The highest BCUT2D eigenvalue weighted by Gasteiger charge is 2.19. The minimum atomic E-state index is 0.251. The smallest absolute Gasteiger partial charge is 0.182 e. The van der Waals surface area contributed by atoms with Crippen molar-refractivity contribution in [1.82, 2.24) is 44.9 Å². The molecule has 1 unspecified atom stereocenters. The van der Waals surface area contributed by atoms with Crippen LogP contribution in [0.2, 0.25) is 0 Å². The van der Waals surface area contributed by atoms with E-state index in [0.29, 0.717) is 28.9 Å². The number of benzene rings is 12. The Morgan fingerprint density at radius 2 is 0.521 bits per heavy atom. The standard InChI is InChI=1S/2C24H19N.C23H18N2.C20H15N5.C18H17N/c1-18-9-8-14-21(15-18)22-16-23(19-10-4-2-5-11-19)25-24(17-22)20-12-6-3-7-13-20;1-18-12-14-19(15-13-18)22-16-23(20-8-4-2-5-9-20)25-24(17-22)21-10-6-3-7-11-21;1-17-9-8-14-20(15-17)22-16-21(18-10-4-2-5-11-18)24-23(25-22)19-12-6-3-7-13-19;1-14-8-10-15(11-9-14)18-23-19(16-6-2-4-12-21-16)25-20(24-18)17-7-3-5-13-22-17;1-14-12-17(15-8-4-2-5-9-15)19-18(13-14)16-10-6-3-7-11-16/h2*2-17H,1H3;2-16H,1H3;2-13H,1H3;2-12,18H,13H2,1H3. The molecule has 10 nitrogen and oxygen atoms in total. The fraction of sp³-hybridized carbons (Fsp3) is 0.0642. The molecule has 574 valence electrons. The Hall–Kier alpha value is -15.3. The first kappa shape index (κ1) is 79.0. The van der Waals surface area contributed by atoms with Gasteiger partial charge in [-0.1, -0.05) is 374 Å². The molecule has 1 atom stereocenters. The van der Waals surface area contributed by atoms with Crippen molar-refractivity contribution in [3.05, 3.63) is 464 Å². The largest absolute Gasteiger partial charge is 0.276 e. The van der Waals surface area contributed by atoms with Crippen molar-refractivity contribution in [3.63, 3.8) is 0 Å². The van der Waals surface area contributed by atoms with Crippen LogP contribution >= 0.6 is 0 Å². The lowest BCUT2D eigenvalue weighted by Crippen LogP contribution is -2.09. The third-order valence-electron chi connectivity index (χ3n) is 20.0. The monoisotopic (exact) mass is 1540 g/mol. The Kier molecular flexibility index (Phi) is 26.0. The molecule has 0 amide bonds. The molecule has 1 aliphatic heterocycles. The van der Waals surface area contributed by atoms with Crippen molar-refractivity contribution in [3.8, 4) is 136 Å². The van der Waals surface area contributed by atoms with Gasteiger partial charge >= 0.3 is 0 Å². The summed E-state index contributed by atoms with van der Waals surface area (Å²) in [5.74, 6) is 2.42. The molecule has 0 spiro atoms. The second-order valence-corrected chi connectivity index (χ2v) is 29.1. The second kappa shape index (κ2) is 39.2. The normalized spacial score (nSPS) is 11.9. The third kappa shape index (κ3) is 21.4. The molecule has 0 aliphatic carbocycles. The summed E-state index contributed by atoms with van der Waals surface area (Å²) < 4.78 is 0. The first-order chi connectivity index (χ1) is 58.5. The van der Waals surface area contributed by atoms with Gasteiger partial charge in [-0.25, -0.2) is 34.9 Å². The number of rotatable bonds is 14. The maximum Gasteiger partial charge on any atom is 0.182 e. The van der Waals surface area contributed by atoms with Crippen molar-refractivity contribution in [2.75, 3.05) is 0 Å². The predicted octanol–water partition coefficient (Wildman–Crippen LogP) is 27.1. The van der Waals surface area contributed by atoms with Gasteiger partial charge in [-0.2, -0.15) is 0 Å². The van der Waals surface area contributed by atoms with Crippen LogP contribution in [0.15, 0.2) is 435 Å². The lowest BCUT2D eigenvalue weighted by atomic mass is 9.94. The van der Waals surface area contributed by atoms with Gasteiger partial charge in [0.15, 0.2) is 23.3 Å². The van der Waals surface area contributed by atoms with Gasteiger partial charge in [0.2, 0.25) is 0 Å². The summed E-state index contributed by atoms with van der Waals surface area (Å²) >= 11 is 0. The van der Waals surface area contributed by atoms with Crippen molar-refractivity contribution in [1.29, 1.82) is 0 Å². The van der Waals surface area contributed by atoms with Gasteiger partial charge in [0.05, 0.1) is 45.9 Å². The van der Waals surface area contributed by atoms with E-state index in [1.54, 1.807) is 12.4 Å². The van der Waals surface area contributed by atoms with Gasteiger partial charge in [-0.15, -0.1) is 0 Å². The quantitative estimate of drug-likeness (QED) is 0.104. The number of dihydropyridines is 1.